The minimum atomic E-state index is -3.02. The van der Waals surface area contributed by atoms with Crippen LogP contribution in [0, 0.1) is 11.6 Å². The summed E-state index contributed by atoms with van der Waals surface area (Å²) < 4.78 is 61.8. The summed E-state index contributed by atoms with van der Waals surface area (Å²) in [7, 11) is 1.65. The first-order valence-corrected chi connectivity index (χ1v) is 11.8. The highest BCUT2D eigenvalue weighted by Crippen LogP contribution is 2.40. The third-order valence-corrected chi connectivity index (χ3v) is 6.35. The smallest absolute Gasteiger partial charge is 0.257 e. The highest BCUT2D eigenvalue weighted by molar-refractivity contribution is 5.93. The van der Waals surface area contributed by atoms with Gasteiger partial charge in [-0.3, -0.25) is 14.5 Å². The number of H-pyrrole nitrogens is 1. The van der Waals surface area contributed by atoms with Crippen molar-refractivity contribution in [3.63, 3.8) is 0 Å². The number of rotatable bonds is 8. The fourth-order valence-electron chi connectivity index (χ4n) is 4.20. The van der Waals surface area contributed by atoms with E-state index >= 15 is 0 Å². The van der Waals surface area contributed by atoms with Gasteiger partial charge >= 0.3 is 0 Å². The van der Waals surface area contributed by atoms with Crippen molar-refractivity contribution in [2.75, 3.05) is 25.5 Å². The Morgan fingerprint density at radius 1 is 1.26 bits per heavy atom. The maximum absolute atomic E-state index is 14.9. The highest BCUT2D eigenvalue weighted by Gasteiger charge is 2.46. The van der Waals surface area contributed by atoms with E-state index in [0.717, 1.165) is 18.3 Å². The molecule has 1 fully saturated rings. The molecule has 1 aliphatic rings. The number of benzene rings is 1. The number of piperidine rings is 1. The van der Waals surface area contributed by atoms with Crippen LogP contribution in [-0.2, 0) is 11.3 Å². The lowest BCUT2D eigenvalue weighted by Gasteiger charge is -2.40. The van der Waals surface area contributed by atoms with Gasteiger partial charge in [0, 0.05) is 43.9 Å². The van der Waals surface area contributed by atoms with E-state index in [-0.39, 0.29) is 48.2 Å². The zero-order chi connectivity index (χ0) is 27.4. The molecule has 3 N–H and O–H groups in total. The maximum atomic E-state index is 14.9. The Morgan fingerprint density at radius 3 is 2.74 bits per heavy atom. The summed E-state index contributed by atoms with van der Waals surface area (Å²) in [5.41, 5.74) is 0.278. The number of carbonyl (C=O) groups excluding carboxylic acids is 1. The van der Waals surface area contributed by atoms with E-state index in [2.05, 4.69) is 25.6 Å². The topological polar surface area (TPSA) is 112 Å². The van der Waals surface area contributed by atoms with Crippen LogP contribution < -0.4 is 20.9 Å². The number of amides is 1. The normalized spacial score (nSPS) is 18.1. The lowest BCUT2D eigenvalue weighted by molar-refractivity contribution is -0.125. The first kappa shape index (κ1) is 27.2. The van der Waals surface area contributed by atoms with E-state index < -0.39 is 41.8 Å². The van der Waals surface area contributed by atoms with Crippen LogP contribution in [0.5, 0.6) is 11.6 Å². The van der Waals surface area contributed by atoms with E-state index in [1.165, 1.54) is 18.5 Å². The molecule has 13 heteroatoms. The highest BCUT2D eigenvalue weighted by atomic mass is 19.3. The number of hydrogen-bond donors (Lipinski definition) is 3. The number of likely N-dealkylation sites (tertiary alicyclic amines) is 1. The van der Waals surface area contributed by atoms with Crippen molar-refractivity contribution >= 4 is 11.7 Å². The number of alkyl halides is 2. The molecular weight excluding hydrogens is 508 g/mol. The molecule has 0 radical (unpaired) electrons. The van der Waals surface area contributed by atoms with Crippen LogP contribution >= 0.6 is 0 Å². The lowest BCUT2D eigenvalue weighted by Crippen LogP contribution is -2.52. The summed E-state index contributed by atoms with van der Waals surface area (Å²) in [6.07, 6.45) is 3.19. The zero-order valence-electron chi connectivity index (χ0n) is 20.6. The Kier molecular flexibility index (Phi) is 8.07. The molecule has 9 nitrogen and oxygen atoms in total. The molecule has 0 saturated carbocycles. The van der Waals surface area contributed by atoms with Crippen LogP contribution in [0.15, 0.2) is 47.7 Å². The van der Waals surface area contributed by atoms with E-state index in [9.17, 15) is 27.2 Å². The first-order valence-electron chi connectivity index (χ1n) is 11.8. The molecule has 4 rings (SSSR count). The van der Waals surface area contributed by atoms with Crippen molar-refractivity contribution in [2.45, 2.75) is 37.8 Å². The van der Waals surface area contributed by atoms with Crippen LogP contribution in [-0.4, -0.2) is 57.9 Å². The van der Waals surface area contributed by atoms with Crippen LogP contribution in [0.3, 0.4) is 0 Å². The van der Waals surface area contributed by atoms with Crippen molar-refractivity contribution in [2.24, 2.45) is 0 Å². The Hall–Kier alpha value is -3.84. The molecule has 1 saturated heterocycles. The van der Waals surface area contributed by atoms with Gasteiger partial charge in [-0.15, -0.1) is 0 Å². The van der Waals surface area contributed by atoms with Crippen LogP contribution in [0.2, 0.25) is 0 Å². The number of nitrogens with zero attached hydrogens (tertiary/aromatic N) is 3. The lowest BCUT2D eigenvalue weighted by atomic mass is 9.86. The molecule has 1 aromatic carbocycles. The summed E-state index contributed by atoms with van der Waals surface area (Å²) in [5, 5.41) is 5.42. The molecule has 1 amide bonds. The number of pyridine rings is 1. The van der Waals surface area contributed by atoms with E-state index in [0.29, 0.717) is 11.6 Å². The molecule has 1 aliphatic heterocycles. The molecule has 2 aromatic heterocycles. The fourth-order valence-corrected chi connectivity index (χ4v) is 4.20. The van der Waals surface area contributed by atoms with Crippen LogP contribution in [0.4, 0.5) is 23.4 Å². The third-order valence-electron chi connectivity index (χ3n) is 6.35. The zero-order valence-corrected chi connectivity index (χ0v) is 20.6. The predicted octanol–water partition coefficient (Wildman–Crippen LogP) is 3.41. The van der Waals surface area contributed by atoms with Gasteiger partial charge in [-0.05, 0) is 37.7 Å². The summed E-state index contributed by atoms with van der Waals surface area (Å²) in [6.45, 7) is 1.71. The molecule has 0 spiro atoms. The molecule has 1 unspecified atom stereocenters. The van der Waals surface area contributed by atoms with Gasteiger partial charge in [-0.1, -0.05) is 0 Å². The standard InChI is InChI=1S/C25H26F4N6O3/c1-14(23(36)34-21-11-32-22(12-31-21)38-20-4-3-17(26)8-19(20)27)35-6-5-25(28,29)18(13-35)15-7-16(9-30-2)24(37)33-10-15/h3-4,7-8,10-12,14,18,30H,5-6,9,13H2,1-2H3,(H,33,37)(H,31,34,36)/t14?,18-/m1/s1. The second kappa shape index (κ2) is 11.3. The molecule has 3 aromatic rings. The minimum absolute atomic E-state index is 0.00744. The van der Waals surface area contributed by atoms with Gasteiger partial charge in [-0.2, -0.15) is 0 Å². The van der Waals surface area contributed by atoms with Crippen LogP contribution in [0.1, 0.15) is 30.4 Å². The predicted molar refractivity (Wildman–Crippen MR) is 130 cm³/mol. The summed E-state index contributed by atoms with van der Waals surface area (Å²) in [5.74, 6) is -6.65. The quantitative estimate of drug-likeness (QED) is 0.380. The summed E-state index contributed by atoms with van der Waals surface area (Å²) in [6, 6.07) is 3.49. The monoisotopic (exact) mass is 534 g/mol. The van der Waals surface area contributed by atoms with E-state index in [4.69, 9.17) is 4.74 Å². The van der Waals surface area contributed by atoms with Crippen molar-refractivity contribution in [1.82, 2.24) is 25.2 Å². The first-order chi connectivity index (χ1) is 18.1. The van der Waals surface area contributed by atoms with Gasteiger partial charge in [0.05, 0.1) is 24.4 Å². The van der Waals surface area contributed by atoms with E-state index in [1.807, 2.05) is 0 Å². The number of hydrogen-bond acceptors (Lipinski definition) is 7. The third kappa shape index (κ3) is 6.17. The molecule has 0 aliphatic carbocycles. The summed E-state index contributed by atoms with van der Waals surface area (Å²) in [4.78, 5) is 37.0. The molecule has 0 bridgehead atoms. The second-order valence-electron chi connectivity index (χ2n) is 8.96. The van der Waals surface area contributed by atoms with Crippen LogP contribution in [0.25, 0.3) is 0 Å². The number of ether oxygens (including phenoxy) is 1. The molecule has 3 heterocycles. The maximum Gasteiger partial charge on any atom is 0.257 e. The van der Waals surface area contributed by atoms with Crippen molar-refractivity contribution in [3.8, 4) is 11.6 Å². The Balaban J connectivity index is 1.41. The van der Waals surface area contributed by atoms with Gasteiger partial charge in [-0.25, -0.2) is 27.5 Å². The summed E-state index contributed by atoms with van der Waals surface area (Å²) >= 11 is 0. The number of nitrogens with one attached hydrogen (secondary N) is 3. The number of aromatic amines is 1. The van der Waals surface area contributed by atoms with Gasteiger partial charge < -0.3 is 20.4 Å². The molecular formula is C25H26F4N6O3. The molecule has 202 valence electrons. The average Bonchev–Trinajstić information content (AvgIpc) is 2.88. The fraction of sp³-hybridized carbons (Fsp3) is 0.360. The molecule has 2 atom stereocenters. The molecule has 38 heavy (non-hydrogen) atoms. The largest absolute Gasteiger partial charge is 0.434 e. The number of carbonyl (C=O) groups is 1. The van der Waals surface area contributed by atoms with Gasteiger partial charge in [0.25, 0.3) is 11.5 Å². The van der Waals surface area contributed by atoms with Crippen molar-refractivity contribution < 1.29 is 27.1 Å². The Bertz CT molecular complexity index is 1350. The number of halogens is 4. The van der Waals surface area contributed by atoms with Crippen molar-refractivity contribution in [1.29, 1.82) is 0 Å². The van der Waals surface area contributed by atoms with Gasteiger partial charge in [0.1, 0.15) is 5.82 Å². The second-order valence-corrected chi connectivity index (χ2v) is 8.96. The average molecular weight is 535 g/mol. The number of anilines is 1. The Morgan fingerprint density at radius 2 is 2.05 bits per heavy atom. The van der Waals surface area contributed by atoms with Gasteiger partial charge in [0.15, 0.2) is 17.4 Å². The SMILES string of the molecule is CNCc1cc([C@H]2CN(C(C)C(=O)Nc3cnc(Oc4ccc(F)cc4F)cn3)CCC2(F)F)c[nH]c1=O. The number of aromatic nitrogens is 3. The van der Waals surface area contributed by atoms with Gasteiger partial charge in [0.2, 0.25) is 11.8 Å². The minimum Gasteiger partial charge on any atom is -0.434 e. The Labute approximate surface area is 215 Å². The van der Waals surface area contributed by atoms with E-state index in [1.54, 1.807) is 18.9 Å². The van der Waals surface area contributed by atoms with Crippen molar-refractivity contribution in [3.05, 3.63) is 76.0 Å².